The van der Waals surface area contributed by atoms with Crippen LogP contribution < -0.4 is 5.73 Å². The first-order valence-electron chi connectivity index (χ1n) is 3.51. The Morgan fingerprint density at radius 3 is 2.07 bits per heavy atom. The third-order valence-corrected chi connectivity index (χ3v) is 1.60. The minimum atomic E-state index is -2.79. The fourth-order valence-electron chi connectivity index (χ4n) is 0.865. The molecule has 1 rings (SSSR count). The van der Waals surface area contributed by atoms with Gasteiger partial charge in [0.2, 0.25) is 0 Å². The van der Waals surface area contributed by atoms with Gasteiger partial charge < -0.3 is 5.73 Å². The molecule has 0 bridgehead atoms. The molecule has 1 aromatic carbocycles. The van der Waals surface area contributed by atoms with Gasteiger partial charge in [-0.15, -0.1) is 12.4 Å². The Labute approximate surface area is 84.3 Å². The molecule has 80 valence electrons. The molecule has 0 fully saturated rings. The Morgan fingerprint density at radius 1 is 1.07 bits per heavy atom. The second-order valence-electron chi connectivity index (χ2n) is 2.53. The van der Waals surface area contributed by atoms with Crippen molar-refractivity contribution in [3.8, 4) is 0 Å². The van der Waals surface area contributed by atoms with Gasteiger partial charge in [0, 0.05) is 0 Å². The third kappa shape index (κ3) is 2.85. The molecule has 1 aromatic rings. The molecule has 0 unspecified atom stereocenters. The van der Waals surface area contributed by atoms with Gasteiger partial charge >= 0.3 is 0 Å². The Bertz CT molecular complexity index is 305. The molecule has 0 aliphatic carbocycles. The SMILES string of the molecule is Cl.N[C@H](c1ccc(F)c(F)c1)C(F)F. The van der Waals surface area contributed by atoms with E-state index in [0.717, 1.165) is 12.1 Å². The maximum atomic E-state index is 12.5. The lowest BCUT2D eigenvalue weighted by atomic mass is 10.1. The molecule has 0 saturated heterocycles. The molecule has 0 amide bonds. The van der Waals surface area contributed by atoms with Crippen molar-refractivity contribution in [1.29, 1.82) is 0 Å². The summed E-state index contributed by atoms with van der Waals surface area (Å²) < 4.78 is 48.9. The lowest BCUT2D eigenvalue weighted by Crippen LogP contribution is -2.19. The van der Waals surface area contributed by atoms with E-state index in [1.807, 2.05) is 0 Å². The van der Waals surface area contributed by atoms with Gasteiger partial charge in [-0.05, 0) is 17.7 Å². The summed E-state index contributed by atoms with van der Waals surface area (Å²) in [7, 11) is 0. The maximum Gasteiger partial charge on any atom is 0.257 e. The van der Waals surface area contributed by atoms with Crippen molar-refractivity contribution in [2.24, 2.45) is 5.73 Å². The number of hydrogen-bond donors (Lipinski definition) is 1. The predicted octanol–water partition coefficient (Wildman–Crippen LogP) is 2.65. The zero-order valence-electron chi connectivity index (χ0n) is 6.88. The zero-order chi connectivity index (χ0) is 10.0. The van der Waals surface area contributed by atoms with E-state index in [2.05, 4.69) is 0 Å². The molecule has 0 aliphatic heterocycles. The molecule has 0 aliphatic rings. The highest BCUT2D eigenvalue weighted by molar-refractivity contribution is 5.85. The molecule has 0 heterocycles. The van der Waals surface area contributed by atoms with Crippen LogP contribution in [0.1, 0.15) is 11.6 Å². The second kappa shape index (κ2) is 5.17. The summed E-state index contributed by atoms with van der Waals surface area (Å²) in [6.45, 7) is 0. The van der Waals surface area contributed by atoms with E-state index in [1.165, 1.54) is 0 Å². The van der Waals surface area contributed by atoms with E-state index in [0.29, 0.717) is 6.07 Å². The standard InChI is InChI=1S/C8H7F4N.ClH/c9-5-2-1-4(3-6(5)10)7(13)8(11)12;/h1-3,7-8H,13H2;1H/t7-;/m1./s1. The van der Waals surface area contributed by atoms with E-state index in [1.54, 1.807) is 0 Å². The van der Waals surface area contributed by atoms with Gasteiger partial charge in [0.05, 0.1) is 6.04 Å². The van der Waals surface area contributed by atoms with E-state index in [9.17, 15) is 17.6 Å². The number of hydrogen-bond acceptors (Lipinski definition) is 1. The first kappa shape index (κ1) is 13.2. The van der Waals surface area contributed by atoms with Crippen LogP contribution in [-0.4, -0.2) is 6.43 Å². The number of alkyl halides is 2. The smallest absolute Gasteiger partial charge is 0.257 e. The fraction of sp³-hybridized carbons (Fsp3) is 0.250. The zero-order valence-corrected chi connectivity index (χ0v) is 7.70. The molecule has 2 N–H and O–H groups in total. The minimum absolute atomic E-state index is 0. The molecular formula is C8H8ClF4N. The van der Waals surface area contributed by atoms with Crippen molar-refractivity contribution in [2.45, 2.75) is 12.5 Å². The highest BCUT2D eigenvalue weighted by atomic mass is 35.5. The van der Waals surface area contributed by atoms with Crippen molar-refractivity contribution in [2.75, 3.05) is 0 Å². The van der Waals surface area contributed by atoms with Crippen LogP contribution in [0.5, 0.6) is 0 Å². The molecule has 14 heavy (non-hydrogen) atoms. The van der Waals surface area contributed by atoms with Crippen LogP contribution in [0.3, 0.4) is 0 Å². The summed E-state index contributed by atoms with van der Waals surface area (Å²) in [4.78, 5) is 0. The highest BCUT2D eigenvalue weighted by Crippen LogP contribution is 2.19. The van der Waals surface area contributed by atoms with Gasteiger partial charge in [-0.2, -0.15) is 0 Å². The summed E-state index contributed by atoms with van der Waals surface area (Å²) in [5.74, 6) is -2.25. The average molecular weight is 230 g/mol. The Balaban J connectivity index is 0.00000169. The first-order chi connectivity index (χ1) is 6.02. The van der Waals surface area contributed by atoms with Gasteiger partial charge in [0.1, 0.15) is 0 Å². The van der Waals surface area contributed by atoms with E-state index >= 15 is 0 Å². The molecule has 6 heteroatoms. The van der Waals surface area contributed by atoms with Gasteiger partial charge in [0.25, 0.3) is 6.43 Å². The van der Waals surface area contributed by atoms with Crippen LogP contribution in [0.15, 0.2) is 18.2 Å². The monoisotopic (exact) mass is 229 g/mol. The van der Waals surface area contributed by atoms with E-state index in [4.69, 9.17) is 5.73 Å². The van der Waals surface area contributed by atoms with E-state index in [-0.39, 0.29) is 18.0 Å². The summed E-state index contributed by atoms with van der Waals surface area (Å²) in [6, 6.07) is 0.906. The topological polar surface area (TPSA) is 26.0 Å². The van der Waals surface area contributed by atoms with Gasteiger partial charge in [-0.1, -0.05) is 6.07 Å². The number of halogens is 5. The van der Waals surface area contributed by atoms with Crippen molar-refractivity contribution >= 4 is 12.4 Å². The summed E-state index contributed by atoms with van der Waals surface area (Å²) >= 11 is 0. The molecule has 0 saturated carbocycles. The van der Waals surface area contributed by atoms with E-state index < -0.39 is 24.1 Å². The van der Waals surface area contributed by atoms with Crippen molar-refractivity contribution in [3.05, 3.63) is 35.4 Å². The fourth-order valence-corrected chi connectivity index (χ4v) is 0.865. The summed E-state index contributed by atoms with van der Waals surface area (Å²) in [6.07, 6.45) is -2.79. The number of benzene rings is 1. The third-order valence-electron chi connectivity index (χ3n) is 1.60. The van der Waals surface area contributed by atoms with Gasteiger partial charge in [-0.3, -0.25) is 0 Å². The first-order valence-corrected chi connectivity index (χ1v) is 3.51. The molecule has 0 radical (unpaired) electrons. The number of rotatable bonds is 2. The Hall–Kier alpha value is -0.810. The highest BCUT2D eigenvalue weighted by Gasteiger charge is 2.18. The quantitative estimate of drug-likeness (QED) is 0.776. The Morgan fingerprint density at radius 2 is 1.64 bits per heavy atom. The van der Waals surface area contributed by atoms with Crippen molar-refractivity contribution in [3.63, 3.8) is 0 Å². The maximum absolute atomic E-state index is 12.5. The molecular weight excluding hydrogens is 222 g/mol. The molecule has 0 aromatic heterocycles. The lowest BCUT2D eigenvalue weighted by Gasteiger charge is -2.10. The van der Waals surface area contributed by atoms with Crippen molar-refractivity contribution < 1.29 is 17.6 Å². The molecule has 1 atom stereocenters. The largest absolute Gasteiger partial charge is 0.319 e. The van der Waals surface area contributed by atoms with Crippen LogP contribution in [0.2, 0.25) is 0 Å². The van der Waals surface area contributed by atoms with Crippen LogP contribution in [0.4, 0.5) is 17.6 Å². The van der Waals surface area contributed by atoms with Crippen LogP contribution in [-0.2, 0) is 0 Å². The van der Waals surface area contributed by atoms with Crippen LogP contribution >= 0.6 is 12.4 Å². The lowest BCUT2D eigenvalue weighted by molar-refractivity contribution is 0.116. The second-order valence-corrected chi connectivity index (χ2v) is 2.53. The van der Waals surface area contributed by atoms with Gasteiger partial charge in [0.15, 0.2) is 11.6 Å². The van der Waals surface area contributed by atoms with Crippen LogP contribution in [0.25, 0.3) is 0 Å². The van der Waals surface area contributed by atoms with Crippen molar-refractivity contribution in [1.82, 2.24) is 0 Å². The predicted molar refractivity (Wildman–Crippen MR) is 46.5 cm³/mol. The molecule has 1 nitrogen and oxygen atoms in total. The number of nitrogens with two attached hydrogens (primary N) is 1. The minimum Gasteiger partial charge on any atom is -0.319 e. The summed E-state index contributed by atoms with van der Waals surface area (Å²) in [5, 5.41) is 0. The molecule has 0 spiro atoms. The summed E-state index contributed by atoms with van der Waals surface area (Å²) in [5.41, 5.74) is 4.90. The Kier molecular flexibility index (Phi) is 4.87. The van der Waals surface area contributed by atoms with Crippen LogP contribution in [0, 0.1) is 11.6 Å². The average Bonchev–Trinajstić information content (AvgIpc) is 2.08. The van der Waals surface area contributed by atoms with Gasteiger partial charge in [-0.25, -0.2) is 17.6 Å². The normalized spacial score (nSPS) is 12.4.